The Bertz CT molecular complexity index is 549. The number of likely N-dealkylation sites (tertiary alicyclic amines) is 1. The number of aromatic nitrogens is 1. The van der Waals surface area contributed by atoms with Gasteiger partial charge in [0, 0.05) is 32.1 Å². The lowest BCUT2D eigenvalue weighted by Crippen LogP contribution is -2.39. The molecule has 1 aliphatic rings. The Morgan fingerprint density at radius 1 is 1.39 bits per heavy atom. The van der Waals surface area contributed by atoms with Crippen LogP contribution < -0.4 is 5.32 Å². The van der Waals surface area contributed by atoms with E-state index in [0.29, 0.717) is 25.9 Å². The fraction of sp³-hybridized carbons (Fsp3) is 0.533. The smallest absolute Gasteiger partial charge is 0.343 e. The first-order chi connectivity index (χ1) is 10.9. The molecular formula is C15H18F3N3O2. The number of hydrogen-bond acceptors (Lipinski definition) is 3. The van der Waals surface area contributed by atoms with Gasteiger partial charge in [0.25, 0.3) is 0 Å². The van der Waals surface area contributed by atoms with Gasteiger partial charge in [0.1, 0.15) is 0 Å². The van der Waals surface area contributed by atoms with Crippen molar-refractivity contribution in [1.29, 1.82) is 0 Å². The highest BCUT2D eigenvalue weighted by molar-refractivity contribution is 5.78. The summed E-state index contributed by atoms with van der Waals surface area (Å²) >= 11 is 0. The number of amides is 2. The standard InChI is InChI=1S/C15H18F3N3O2/c16-15(17,18)14(11-5-1-2-8-19-11)20-12(22)6-3-9-21-10-4-7-13(21)23/h1-2,5,8,14H,3-4,6-7,9-10H2,(H,20,22). The van der Waals surface area contributed by atoms with Crippen LogP contribution in [0, 0.1) is 0 Å². The number of hydrogen-bond donors (Lipinski definition) is 1. The molecule has 1 aromatic rings. The summed E-state index contributed by atoms with van der Waals surface area (Å²) in [6.45, 7) is 1.05. The first-order valence-electron chi connectivity index (χ1n) is 7.42. The first kappa shape index (κ1) is 17.2. The normalized spacial score (nSPS) is 16.5. The molecule has 1 fully saturated rings. The summed E-state index contributed by atoms with van der Waals surface area (Å²) in [4.78, 5) is 28.5. The van der Waals surface area contributed by atoms with Gasteiger partial charge in [-0.2, -0.15) is 13.2 Å². The maximum Gasteiger partial charge on any atom is 0.414 e. The quantitative estimate of drug-likeness (QED) is 0.870. The molecule has 1 unspecified atom stereocenters. The van der Waals surface area contributed by atoms with Crippen molar-refractivity contribution >= 4 is 11.8 Å². The van der Waals surface area contributed by atoms with Crippen molar-refractivity contribution in [3.05, 3.63) is 30.1 Å². The van der Waals surface area contributed by atoms with Crippen molar-refractivity contribution in [3.8, 4) is 0 Å². The second kappa shape index (κ2) is 7.43. The van der Waals surface area contributed by atoms with E-state index in [1.807, 2.05) is 5.32 Å². The van der Waals surface area contributed by atoms with Crippen LogP contribution in [-0.2, 0) is 9.59 Å². The summed E-state index contributed by atoms with van der Waals surface area (Å²) in [5.74, 6) is -0.670. The number of halogens is 3. The number of carbonyl (C=O) groups is 2. The molecule has 23 heavy (non-hydrogen) atoms. The summed E-state index contributed by atoms with van der Waals surface area (Å²) in [6, 6.07) is 2.05. The van der Waals surface area contributed by atoms with E-state index in [9.17, 15) is 22.8 Å². The monoisotopic (exact) mass is 329 g/mol. The number of carbonyl (C=O) groups excluding carboxylic acids is 2. The summed E-state index contributed by atoms with van der Waals surface area (Å²) < 4.78 is 39.2. The van der Waals surface area contributed by atoms with Crippen molar-refractivity contribution < 1.29 is 22.8 Å². The molecule has 1 N–H and O–H groups in total. The lowest BCUT2D eigenvalue weighted by molar-refractivity contribution is -0.164. The van der Waals surface area contributed by atoms with E-state index in [0.717, 1.165) is 6.42 Å². The average Bonchev–Trinajstić information content (AvgIpc) is 2.90. The van der Waals surface area contributed by atoms with Gasteiger partial charge < -0.3 is 10.2 Å². The second-order valence-corrected chi connectivity index (χ2v) is 5.38. The first-order valence-corrected chi connectivity index (χ1v) is 7.42. The van der Waals surface area contributed by atoms with Gasteiger partial charge in [0.2, 0.25) is 11.8 Å². The van der Waals surface area contributed by atoms with E-state index in [1.165, 1.54) is 24.4 Å². The third-order valence-corrected chi connectivity index (χ3v) is 3.62. The highest BCUT2D eigenvalue weighted by Gasteiger charge is 2.42. The van der Waals surface area contributed by atoms with Crippen molar-refractivity contribution in [1.82, 2.24) is 15.2 Å². The number of alkyl halides is 3. The molecule has 5 nitrogen and oxygen atoms in total. The van der Waals surface area contributed by atoms with E-state index in [1.54, 1.807) is 4.90 Å². The number of rotatable bonds is 6. The van der Waals surface area contributed by atoms with E-state index >= 15 is 0 Å². The summed E-state index contributed by atoms with van der Waals surface area (Å²) in [5, 5.41) is 1.98. The molecule has 1 saturated heterocycles. The van der Waals surface area contributed by atoms with Gasteiger partial charge in [-0.25, -0.2) is 0 Å². The van der Waals surface area contributed by atoms with Crippen LogP contribution in [0.25, 0.3) is 0 Å². The SMILES string of the molecule is O=C(CCCN1CCCC1=O)NC(c1ccccn1)C(F)(F)F. The van der Waals surface area contributed by atoms with Gasteiger partial charge in [0.05, 0.1) is 5.69 Å². The molecule has 2 heterocycles. The van der Waals surface area contributed by atoms with Crippen LogP contribution in [0.1, 0.15) is 37.4 Å². The Morgan fingerprint density at radius 3 is 2.74 bits per heavy atom. The predicted octanol–water partition coefficient (Wildman–Crippen LogP) is 2.20. The Balaban J connectivity index is 1.87. The molecule has 1 atom stereocenters. The Kier molecular flexibility index (Phi) is 5.57. The lowest BCUT2D eigenvalue weighted by Gasteiger charge is -2.21. The Labute approximate surface area is 131 Å². The zero-order valence-electron chi connectivity index (χ0n) is 12.5. The molecule has 0 radical (unpaired) electrons. The molecule has 8 heteroatoms. The number of nitrogens with zero attached hydrogens (tertiary/aromatic N) is 2. The molecular weight excluding hydrogens is 311 g/mol. The highest BCUT2D eigenvalue weighted by atomic mass is 19.4. The summed E-state index contributed by atoms with van der Waals surface area (Å²) in [5.41, 5.74) is -0.247. The van der Waals surface area contributed by atoms with E-state index < -0.39 is 18.1 Å². The van der Waals surface area contributed by atoms with Crippen LogP contribution in [-0.4, -0.2) is 41.0 Å². The van der Waals surface area contributed by atoms with Crippen LogP contribution in [0.4, 0.5) is 13.2 Å². The number of pyridine rings is 1. The third kappa shape index (κ3) is 4.94. The Hall–Kier alpha value is -2.12. The van der Waals surface area contributed by atoms with Crippen molar-refractivity contribution in [2.75, 3.05) is 13.1 Å². The van der Waals surface area contributed by atoms with Gasteiger partial charge in [0.15, 0.2) is 6.04 Å². The minimum atomic E-state index is -4.62. The van der Waals surface area contributed by atoms with Gasteiger partial charge in [-0.1, -0.05) is 6.07 Å². The average molecular weight is 329 g/mol. The molecule has 0 spiro atoms. The number of nitrogens with one attached hydrogen (secondary N) is 1. The van der Waals surface area contributed by atoms with Gasteiger partial charge in [-0.05, 0) is 25.0 Å². The minimum Gasteiger partial charge on any atom is -0.343 e. The topological polar surface area (TPSA) is 62.3 Å². The summed E-state index contributed by atoms with van der Waals surface area (Å²) in [6.07, 6.45) is -1.80. The molecule has 0 aliphatic carbocycles. The van der Waals surface area contributed by atoms with Crippen molar-refractivity contribution in [2.45, 2.75) is 37.9 Å². The maximum absolute atomic E-state index is 13.1. The molecule has 126 valence electrons. The fourth-order valence-corrected chi connectivity index (χ4v) is 2.47. The largest absolute Gasteiger partial charge is 0.414 e. The van der Waals surface area contributed by atoms with Gasteiger partial charge in [-0.3, -0.25) is 14.6 Å². The minimum absolute atomic E-state index is 0.0343. The fourth-order valence-electron chi connectivity index (χ4n) is 2.47. The van der Waals surface area contributed by atoms with Gasteiger partial charge in [-0.15, -0.1) is 0 Å². The lowest BCUT2D eigenvalue weighted by atomic mass is 10.1. The van der Waals surface area contributed by atoms with Crippen LogP contribution in [0.15, 0.2) is 24.4 Å². The zero-order valence-corrected chi connectivity index (χ0v) is 12.5. The van der Waals surface area contributed by atoms with Crippen LogP contribution in [0.5, 0.6) is 0 Å². The molecule has 1 aromatic heterocycles. The molecule has 1 aliphatic heterocycles. The molecule has 2 amide bonds. The van der Waals surface area contributed by atoms with E-state index in [2.05, 4.69) is 4.98 Å². The van der Waals surface area contributed by atoms with Crippen LogP contribution in [0.2, 0.25) is 0 Å². The van der Waals surface area contributed by atoms with Crippen LogP contribution in [0.3, 0.4) is 0 Å². The van der Waals surface area contributed by atoms with Crippen LogP contribution >= 0.6 is 0 Å². The predicted molar refractivity (Wildman–Crippen MR) is 76.2 cm³/mol. The zero-order chi connectivity index (χ0) is 16.9. The highest BCUT2D eigenvalue weighted by Crippen LogP contribution is 2.31. The molecule has 0 bridgehead atoms. The van der Waals surface area contributed by atoms with E-state index in [-0.39, 0.29) is 18.0 Å². The van der Waals surface area contributed by atoms with Gasteiger partial charge >= 0.3 is 6.18 Å². The molecule has 2 rings (SSSR count). The molecule has 0 saturated carbocycles. The summed E-state index contributed by atoms with van der Waals surface area (Å²) in [7, 11) is 0. The maximum atomic E-state index is 13.1. The second-order valence-electron chi connectivity index (χ2n) is 5.38. The van der Waals surface area contributed by atoms with Crippen molar-refractivity contribution in [3.63, 3.8) is 0 Å². The Morgan fingerprint density at radius 2 is 2.17 bits per heavy atom. The van der Waals surface area contributed by atoms with E-state index in [4.69, 9.17) is 0 Å². The van der Waals surface area contributed by atoms with Crippen molar-refractivity contribution in [2.24, 2.45) is 0 Å². The molecule has 0 aromatic carbocycles. The third-order valence-electron chi connectivity index (χ3n) is 3.62.